The fourth-order valence-corrected chi connectivity index (χ4v) is 4.20. The van der Waals surface area contributed by atoms with E-state index in [0.29, 0.717) is 24.3 Å². The first-order valence-corrected chi connectivity index (χ1v) is 9.63. The van der Waals surface area contributed by atoms with Crippen LogP contribution < -0.4 is 5.32 Å². The van der Waals surface area contributed by atoms with Crippen molar-refractivity contribution in [1.29, 1.82) is 0 Å². The highest BCUT2D eigenvalue weighted by molar-refractivity contribution is 7.89. The minimum Gasteiger partial charge on any atom is -0.326 e. The number of carbonyl (C=O) groups excluding carboxylic acids is 1. The monoisotopic (exact) mass is 340 g/mol. The summed E-state index contributed by atoms with van der Waals surface area (Å²) in [5, 5.41) is 2.82. The van der Waals surface area contributed by atoms with Gasteiger partial charge in [-0.05, 0) is 31.0 Å². The Morgan fingerprint density at radius 1 is 1.22 bits per heavy atom. The number of sulfonamides is 1. The lowest BCUT2D eigenvalue weighted by atomic mass is 10.1. The van der Waals surface area contributed by atoms with Crippen molar-refractivity contribution in [1.82, 2.24) is 4.31 Å². The maximum atomic E-state index is 12.7. The molecule has 0 aliphatic heterocycles. The van der Waals surface area contributed by atoms with Crippen molar-refractivity contribution in [2.24, 2.45) is 5.92 Å². The van der Waals surface area contributed by atoms with E-state index >= 15 is 0 Å². The molecule has 5 nitrogen and oxygen atoms in total. The van der Waals surface area contributed by atoms with Crippen LogP contribution in [0.15, 0.2) is 23.1 Å². The van der Waals surface area contributed by atoms with Gasteiger partial charge in [-0.2, -0.15) is 4.31 Å². The van der Waals surface area contributed by atoms with Crippen molar-refractivity contribution < 1.29 is 13.2 Å². The number of rotatable bonds is 8. The fourth-order valence-electron chi connectivity index (χ4n) is 2.49. The van der Waals surface area contributed by atoms with E-state index in [0.717, 1.165) is 12.8 Å². The molecule has 1 atom stereocenters. The van der Waals surface area contributed by atoms with Crippen molar-refractivity contribution in [3.63, 3.8) is 0 Å². The molecule has 0 aromatic heterocycles. The van der Waals surface area contributed by atoms with Crippen LogP contribution in [0.2, 0.25) is 0 Å². The summed E-state index contributed by atoms with van der Waals surface area (Å²) in [5.74, 6) is -0.175. The molecule has 0 heterocycles. The van der Waals surface area contributed by atoms with Crippen molar-refractivity contribution in [2.45, 2.75) is 52.4 Å². The second-order valence-corrected chi connectivity index (χ2v) is 7.65. The summed E-state index contributed by atoms with van der Waals surface area (Å²) in [4.78, 5) is 12.4. The molecule has 0 spiro atoms. The van der Waals surface area contributed by atoms with E-state index in [4.69, 9.17) is 0 Å². The van der Waals surface area contributed by atoms with Gasteiger partial charge in [0.05, 0.1) is 4.90 Å². The third-order valence-corrected chi connectivity index (χ3v) is 6.14. The first-order valence-electron chi connectivity index (χ1n) is 8.19. The molecule has 0 radical (unpaired) electrons. The predicted molar refractivity (Wildman–Crippen MR) is 94.0 cm³/mol. The molecule has 0 unspecified atom stereocenters. The maximum Gasteiger partial charge on any atom is 0.243 e. The van der Waals surface area contributed by atoms with Crippen LogP contribution in [0.1, 0.15) is 46.1 Å². The van der Waals surface area contributed by atoms with Gasteiger partial charge in [-0.15, -0.1) is 0 Å². The molecule has 6 heteroatoms. The number of amides is 1. The number of nitrogens with one attached hydrogen (secondary N) is 1. The Morgan fingerprint density at radius 2 is 1.83 bits per heavy atom. The molecule has 1 rings (SSSR count). The number of carbonyl (C=O) groups is 1. The lowest BCUT2D eigenvalue weighted by molar-refractivity contribution is -0.119. The molecule has 0 aliphatic rings. The van der Waals surface area contributed by atoms with Crippen molar-refractivity contribution in [3.8, 4) is 0 Å². The highest BCUT2D eigenvalue weighted by atomic mass is 32.2. The normalized spacial score (nSPS) is 13.1. The van der Waals surface area contributed by atoms with Crippen molar-refractivity contribution in [2.75, 3.05) is 18.4 Å². The SMILES string of the molecule is CCC[C@H](C)C(=O)Nc1ccc(C)c(S(=O)(=O)N(CC)CC)c1. The molecule has 0 bridgehead atoms. The molecular weight excluding hydrogens is 312 g/mol. The van der Waals surface area contributed by atoms with E-state index in [9.17, 15) is 13.2 Å². The van der Waals surface area contributed by atoms with Crippen molar-refractivity contribution in [3.05, 3.63) is 23.8 Å². The van der Waals surface area contributed by atoms with Gasteiger partial charge >= 0.3 is 0 Å². The van der Waals surface area contributed by atoms with Gasteiger partial charge in [0.15, 0.2) is 0 Å². The average molecular weight is 340 g/mol. The van der Waals surface area contributed by atoms with Crippen LogP contribution in [-0.2, 0) is 14.8 Å². The van der Waals surface area contributed by atoms with E-state index in [-0.39, 0.29) is 16.7 Å². The first-order chi connectivity index (χ1) is 10.8. The van der Waals surface area contributed by atoms with Crippen LogP contribution in [-0.4, -0.2) is 31.7 Å². The average Bonchev–Trinajstić information content (AvgIpc) is 2.50. The minimum absolute atomic E-state index is 0.0816. The lowest BCUT2D eigenvalue weighted by Crippen LogP contribution is -2.31. The second kappa shape index (κ2) is 8.45. The summed E-state index contributed by atoms with van der Waals surface area (Å²) in [6, 6.07) is 5.03. The molecule has 0 aliphatic carbocycles. The predicted octanol–water partition coefficient (Wildman–Crippen LogP) is 3.40. The summed E-state index contributed by atoms with van der Waals surface area (Å²) >= 11 is 0. The van der Waals surface area contributed by atoms with Gasteiger partial charge in [-0.3, -0.25) is 4.79 Å². The molecule has 1 N–H and O–H groups in total. The third-order valence-electron chi connectivity index (χ3n) is 3.95. The van der Waals surface area contributed by atoms with Gasteiger partial charge < -0.3 is 5.32 Å². The molecule has 0 fully saturated rings. The van der Waals surface area contributed by atoms with Gasteiger partial charge in [0, 0.05) is 24.7 Å². The minimum atomic E-state index is -3.54. The highest BCUT2D eigenvalue weighted by Crippen LogP contribution is 2.24. The number of hydrogen-bond acceptors (Lipinski definition) is 3. The van der Waals surface area contributed by atoms with E-state index in [1.807, 2.05) is 27.7 Å². The summed E-state index contributed by atoms with van der Waals surface area (Å²) < 4.78 is 26.8. The number of anilines is 1. The highest BCUT2D eigenvalue weighted by Gasteiger charge is 2.24. The molecular formula is C17H28N2O3S. The Bertz CT molecular complexity index is 637. The summed E-state index contributed by atoms with van der Waals surface area (Å²) in [7, 11) is -3.54. The molecule has 1 amide bonds. The van der Waals surface area contributed by atoms with Crippen LogP contribution in [0, 0.1) is 12.8 Å². The van der Waals surface area contributed by atoms with Gasteiger partial charge in [0.25, 0.3) is 0 Å². The molecule has 0 saturated carbocycles. The number of nitrogens with zero attached hydrogens (tertiary/aromatic N) is 1. The van der Waals surface area contributed by atoms with Gasteiger partial charge in [0.1, 0.15) is 0 Å². The quantitative estimate of drug-likeness (QED) is 0.789. The topological polar surface area (TPSA) is 66.5 Å². The fraction of sp³-hybridized carbons (Fsp3) is 0.588. The molecule has 23 heavy (non-hydrogen) atoms. The second-order valence-electron chi connectivity index (χ2n) is 5.75. The van der Waals surface area contributed by atoms with E-state index in [1.54, 1.807) is 25.1 Å². The Hall–Kier alpha value is -1.40. The van der Waals surface area contributed by atoms with Crippen LogP contribution in [0.25, 0.3) is 0 Å². The Kier molecular flexibility index (Phi) is 7.22. The Balaban J connectivity index is 3.11. The van der Waals surface area contributed by atoms with E-state index in [1.165, 1.54) is 4.31 Å². The van der Waals surface area contributed by atoms with Crippen LogP contribution in [0.4, 0.5) is 5.69 Å². The van der Waals surface area contributed by atoms with Crippen LogP contribution in [0.3, 0.4) is 0 Å². The smallest absolute Gasteiger partial charge is 0.243 e. The van der Waals surface area contributed by atoms with E-state index < -0.39 is 10.0 Å². The first kappa shape index (κ1) is 19.6. The zero-order valence-electron chi connectivity index (χ0n) is 14.7. The van der Waals surface area contributed by atoms with Gasteiger partial charge in [-0.1, -0.05) is 40.2 Å². The summed E-state index contributed by atoms with van der Waals surface area (Å²) in [6.45, 7) is 10.1. The Morgan fingerprint density at radius 3 is 2.35 bits per heavy atom. The van der Waals surface area contributed by atoms with E-state index in [2.05, 4.69) is 5.32 Å². The number of benzene rings is 1. The zero-order chi connectivity index (χ0) is 17.6. The Labute approximate surface area is 140 Å². The van der Waals surface area contributed by atoms with Gasteiger partial charge in [-0.25, -0.2) is 8.42 Å². The number of hydrogen-bond donors (Lipinski definition) is 1. The van der Waals surface area contributed by atoms with Crippen LogP contribution in [0.5, 0.6) is 0 Å². The standard InChI is InChI=1S/C17H28N2O3S/c1-6-9-14(5)17(20)18-15-11-10-13(4)16(12-15)23(21,22)19(7-2)8-3/h10-12,14H,6-9H2,1-5H3,(H,18,20)/t14-/m0/s1. The van der Waals surface area contributed by atoms with Crippen molar-refractivity contribution >= 4 is 21.6 Å². The largest absolute Gasteiger partial charge is 0.326 e. The van der Waals surface area contributed by atoms with Crippen LogP contribution >= 0.6 is 0 Å². The summed E-state index contributed by atoms with van der Waals surface area (Å²) in [6.07, 6.45) is 1.74. The molecule has 1 aromatic rings. The number of aryl methyl sites for hydroxylation is 1. The molecule has 130 valence electrons. The van der Waals surface area contributed by atoms with Gasteiger partial charge in [0.2, 0.25) is 15.9 Å². The third kappa shape index (κ3) is 4.78. The molecule has 0 saturated heterocycles. The molecule has 1 aromatic carbocycles. The zero-order valence-corrected chi connectivity index (χ0v) is 15.5. The lowest BCUT2D eigenvalue weighted by Gasteiger charge is -2.20. The maximum absolute atomic E-state index is 12.7. The summed E-state index contributed by atoms with van der Waals surface area (Å²) in [5.41, 5.74) is 1.20.